The van der Waals surface area contributed by atoms with Gasteiger partial charge in [0.2, 0.25) is 0 Å². The number of thiophene rings is 1. The van der Waals surface area contributed by atoms with E-state index in [1.165, 1.54) is 11.3 Å². The van der Waals surface area contributed by atoms with Gasteiger partial charge in [-0.3, -0.25) is 9.48 Å². The van der Waals surface area contributed by atoms with Crippen molar-refractivity contribution < 1.29 is 9.53 Å². The van der Waals surface area contributed by atoms with Gasteiger partial charge in [-0.15, -0.1) is 11.3 Å². The number of piperidine rings is 1. The van der Waals surface area contributed by atoms with Crippen LogP contribution in [-0.4, -0.2) is 55.9 Å². The van der Waals surface area contributed by atoms with E-state index in [4.69, 9.17) is 9.72 Å². The second-order valence-electron chi connectivity index (χ2n) is 7.79. The van der Waals surface area contributed by atoms with Gasteiger partial charge in [-0.1, -0.05) is 0 Å². The number of carbonyl (C=O) groups excluding carboxylic acids is 1. The number of ether oxygens (including phenoxy) is 1. The monoisotopic (exact) mass is 405 g/mol. The Morgan fingerprint density at radius 3 is 2.97 bits per heavy atom. The number of pyridine rings is 2. The standard InChI is InChI=1S/C21H19N5O2S/c1-25-9-14-6-13(8-22-19(14)24-25)17-5-2-12-7-18(29-20(12)23-17)21(27)26-10-16-4-3-15(26)11-28-16/h2,5-9,15-16H,3-4,10-11H2,1H3. The molecule has 0 N–H and O–H groups in total. The smallest absolute Gasteiger partial charge is 0.264 e. The van der Waals surface area contributed by atoms with Crippen LogP contribution in [0.5, 0.6) is 0 Å². The molecule has 2 bridgehead atoms. The summed E-state index contributed by atoms with van der Waals surface area (Å²) in [6, 6.07) is 8.24. The molecule has 1 amide bonds. The average molecular weight is 405 g/mol. The fourth-order valence-corrected chi connectivity index (χ4v) is 5.28. The zero-order chi connectivity index (χ0) is 19.5. The van der Waals surface area contributed by atoms with Crippen molar-refractivity contribution in [2.45, 2.75) is 25.0 Å². The number of hydrogen-bond acceptors (Lipinski definition) is 6. The van der Waals surface area contributed by atoms with Crippen molar-refractivity contribution in [3.8, 4) is 11.3 Å². The zero-order valence-electron chi connectivity index (χ0n) is 15.9. The minimum Gasteiger partial charge on any atom is -0.374 e. The predicted octanol–water partition coefficient (Wildman–Crippen LogP) is 3.25. The molecule has 7 rings (SSSR count). The van der Waals surface area contributed by atoms with Crippen LogP contribution < -0.4 is 0 Å². The number of nitrogens with zero attached hydrogens (tertiary/aromatic N) is 5. The maximum absolute atomic E-state index is 13.1. The Balaban J connectivity index is 1.34. The second kappa shape index (κ2) is 6.33. The summed E-state index contributed by atoms with van der Waals surface area (Å²) in [7, 11) is 1.89. The second-order valence-corrected chi connectivity index (χ2v) is 8.82. The summed E-state index contributed by atoms with van der Waals surface area (Å²) in [5.74, 6) is 0.103. The minimum absolute atomic E-state index is 0.103. The lowest BCUT2D eigenvalue weighted by Gasteiger charge is -2.44. The van der Waals surface area contributed by atoms with Crippen LogP contribution in [0.3, 0.4) is 0 Å². The molecule has 146 valence electrons. The molecule has 0 radical (unpaired) electrons. The van der Waals surface area contributed by atoms with Gasteiger partial charge >= 0.3 is 0 Å². The van der Waals surface area contributed by atoms with Crippen molar-refractivity contribution in [2.24, 2.45) is 7.05 Å². The first-order valence-corrected chi connectivity index (χ1v) is 10.6. The molecule has 3 aliphatic heterocycles. The zero-order valence-corrected chi connectivity index (χ0v) is 16.7. The Morgan fingerprint density at radius 2 is 2.17 bits per heavy atom. The Labute approximate surface area is 170 Å². The fraction of sp³-hybridized carbons (Fsp3) is 0.333. The van der Waals surface area contributed by atoms with Crippen molar-refractivity contribution in [1.29, 1.82) is 0 Å². The number of fused-ring (bicyclic) bond motifs is 5. The van der Waals surface area contributed by atoms with Crippen molar-refractivity contribution >= 4 is 38.5 Å². The molecule has 29 heavy (non-hydrogen) atoms. The van der Waals surface area contributed by atoms with E-state index >= 15 is 0 Å². The molecule has 3 saturated heterocycles. The van der Waals surface area contributed by atoms with E-state index in [2.05, 4.69) is 10.1 Å². The summed E-state index contributed by atoms with van der Waals surface area (Å²) >= 11 is 1.46. The van der Waals surface area contributed by atoms with E-state index in [-0.39, 0.29) is 18.1 Å². The molecular formula is C21H19N5O2S. The van der Waals surface area contributed by atoms with Gasteiger partial charge in [-0.2, -0.15) is 5.10 Å². The molecule has 2 atom stereocenters. The molecular weight excluding hydrogens is 386 g/mol. The quantitative estimate of drug-likeness (QED) is 0.512. The maximum Gasteiger partial charge on any atom is 0.264 e. The molecule has 0 spiro atoms. The third kappa shape index (κ3) is 2.82. The van der Waals surface area contributed by atoms with Crippen LogP contribution in [0.1, 0.15) is 22.5 Å². The first kappa shape index (κ1) is 17.1. The van der Waals surface area contributed by atoms with Crippen LogP contribution in [0, 0.1) is 0 Å². The maximum atomic E-state index is 13.1. The Bertz CT molecular complexity index is 1250. The lowest BCUT2D eigenvalue weighted by atomic mass is 9.97. The van der Waals surface area contributed by atoms with E-state index < -0.39 is 0 Å². The molecule has 2 unspecified atom stereocenters. The van der Waals surface area contributed by atoms with E-state index in [9.17, 15) is 4.79 Å². The molecule has 7 heterocycles. The normalized spacial score (nSPS) is 21.3. The highest BCUT2D eigenvalue weighted by Gasteiger charge is 2.38. The topological polar surface area (TPSA) is 73.1 Å². The highest BCUT2D eigenvalue weighted by molar-refractivity contribution is 7.20. The third-order valence-electron chi connectivity index (χ3n) is 5.81. The summed E-state index contributed by atoms with van der Waals surface area (Å²) in [5.41, 5.74) is 2.52. The van der Waals surface area contributed by atoms with Crippen LogP contribution in [0.25, 0.3) is 32.5 Å². The van der Waals surface area contributed by atoms with Gasteiger partial charge in [-0.25, -0.2) is 9.97 Å². The number of amides is 1. The van der Waals surface area contributed by atoms with Crippen molar-refractivity contribution in [3.05, 3.63) is 41.5 Å². The minimum atomic E-state index is 0.103. The Morgan fingerprint density at radius 1 is 1.24 bits per heavy atom. The highest BCUT2D eigenvalue weighted by Crippen LogP contribution is 2.32. The third-order valence-corrected chi connectivity index (χ3v) is 6.84. The van der Waals surface area contributed by atoms with Crippen molar-refractivity contribution in [1.82, 2.24) is 24.6 Å². The molecule has 4 aromatic rings. The number of hydrogen-bond donors (Lipinski definition) is 0. The van der Waals surface area contributed by atoms with Gasteiger partial charge in [0.1, 0.15) is 4.83 Å². The Hall–Kier alpha value is -2.84. The average Bonchev–Trinajstić information content (AvgIpc) is 3.35. The lowest BCUT2D eigenvalue weighted by molar-refractivity contribution is -0.0914. The Kier molecular flexibility index (Phi) is 3.72. The van der Waals surface area contributed by atoms with Crippen molar-refractivity contribution in [2.75, 3.05) is 13.2 Å². The van der Waals surface area contributed by atoms with Crippen LogP contribution >= 0.6 is 11.3 Å². The van der Waals surface area contributed by atoms with Crippen LogP contribution in [0.2, 0.25) is 0 Å². The summed E-state index contributed by atoms with van der Waals surface area (Å²) < 4.78 is 7.49. The van der Waals surface area contributed by atoms with Gasteiger partial charge in [0.15, 0.2) is 5.65 Å². The molecule has 3 fully saturated rings. The molecule has 3 aliphatic rings. The van der Waals surface area contributed by atoms with Gasteiger partial charge in [0, 0.05) is 42.3 Å². The van der Waals surface area contributed by atoms with E-state index in [0.717, 1.165) is 50.2 Å². The molecule has 0 aromatic carbocycles. The summed E-state index contributed by atoms with van der Waals surface area (Å²) in [4.78, 5) is 26.0. The molecule has 0 saturated carbocycles. The molecule has 7 nitrogen and oxygen atoms in total. The van der Waals surface area contributed by atoms with Crippen LogP contribution in [0.4, 0.5) is 0 Å². The van der Waals surface area contributed by atoms with E-state index in [1.807, 2.05) is 42.4 Å². The molecule has 8 heteroatoms. The number of morpholine rings is 1. The van der Waals surface area contributed by atoms with Gasteiger partial charge < -0.3 is 9.64 Å². The highest BCUT2D eigenvalue weighted by atomic mass is 32.1. The van der Waals surface area contributed by atoms with Crippen LogP contribution in [-0.2, 0) is 11.8 Å². The first-order chi connectivity index (χ1) is 14.1. The summed E-state index contributed by atoms with van der Waals surface area (Å²) in [6.07, 6.45) is 6.03. The molecule has 4 aromatic heterocycles. The lowest BCUT2D eigenvalue weighted by Crippen LogP contribution is -2.56. The number of rotatable bonds is 2. The van der Waals surface area contributed by atoms with Crippen LogP contribution in [0.15, 0.2) is 36.7 Å². The largest absolute Gasteiger partial charge is 0.374 e. The number of aromatic nitrogens is 4. The first-order valence-electron chi connectivity index (χ1n) is 9.77. The summed E-state index contributed by atoms with van der Waals surface area (Å²) in [6.45, 7) is 1.36. The van der Waals surface area contributed by atoms with Gasteiger partial charge in [-0.05, 0) is 37.1 Å². The number of carbonyl (C=O) groups is 1. The number of aryl methyl sites for hydroxylation is 1. The predicted molar refractivity (Wildman–Crippen MR) is 111 cm³/mol. The van der Waals surface area contributed by atoms with Gasteiger partial charge in [0.25, 0.3) is 5.91 Å². The van der Waals surface area contributed by atoms with E-state index in [1.54, 1.807) is 10.9 Å². The SMILES string of the molecule is Cn1cc2cc(-c3ccc4cc(C(=O)N5CC6CCC5CO6)sc4n3)cnc2n1. The van der Waals surface area contributed by atoms with E-state index in [0.29, 0.717) is 13.2 Å². The summed E-state index contributed by atoms with van der Waals surface area (Å²) in [5, 5.41) is 6.30. The van der Waals surface area contributed by atoms with Crippen molar-refractivity contribution in [3.63, 3.8) is 0 Å². The molecule has 0 aliphatic carbocycles. The van der Waals surface area contributed by atoms with Gasteiger partial charge in [0.05, 0.1) is 29.3 Å². The fourth-order valence-electron chi connectivity index (χ4n) is 4.30.